The van der Waals surface area contributed by atoms with E-state index < -0.39 is 0 Å². The third kappa shape index (κ3) is 5.20. The maximum atomic E-state index is 12.0. The van der Waals surface area contributed by atoms with Crippen LogP contribution in [0.25, 0.3) is 0 Å². The van der Waals surface area contributed by atoms with Crippen LogP contribution >= 0.6 is 0 Å². The summed E-state index contributed by atoms with van der Waals surface area (Å²) in [5, 5.41) is 2.82. The van der Waals surface area contributed by atoms with Crippen molar-refractivity contribution in [2.45, 2.75) is 45.4 Å². The number of urea groups is 1. The molecule has 1 heterocycles. The van der Waals surface area contributed by atoms with Crippen molar-refractivity contribution in [3.8, 4) is 0 Å². The van der Waals surface area contributed by atoms with Crippen molar-refractivity contribution in [2.75, 3.05) is 13.1 Å². The number of amides is 3. The molecule has 1 N–H and O–H groups in total. The lowest BCUT2D eigenvalue weighted by Crippen LogP contribution is -2.43. The van der Waals surface area contributed by atoms with Gasteiger partial charge in [0.05, 0.1) is 0 Å². The van der Waals surface area contributed by atoms with Crippen molar-refractivity contribution >= 4 is 17.7 Å². The van der Waals surface area contributed by atoms with Gasteiger partial charge in [-0.05, 0) is 38.2 Å². The van der Waals surface area contributed by atoms with Crippen LogP contribution < -0.4 is 5.32 Å². The number of ketones is 1. The molecule has 1 aliphatic heterocycles. The lowest BCUT2D eigenvalue weighted by molar-refractivity contribution is -0.127. The number of aryl methyl sites for hydroxylation is 1. The van der Waals surface area contributed by atoms with Crippen LogP contribution in [0.2, 0.25) is 0 Å². The summed E-state index contributed by atoms with van der Waals surface area (Å²) in [6.45, 7) is 2.61. The zero-order valence-electron chi connectivity index (χ0n) is 13.6. The van der Waals surface area contributed by atoms with E-state index in [1.54, 1.807) is 6.92 Å². The first-order valence-electron chi connectivity index (χ1n) is 8.26. The molecule has 0 aliphatic carbocycles. The monoisotopic (exact) mass is 316 g/mol. The summed E-state index contributed by atoms with van der Waals surface area (Å²) in [5.41, 5.74) is 1.84. The number of nitrogens with zero attached hydrogens (tertiary/aromatic N) is 1. The first-order chi connectivity index (χ1) is 11.1. The van der Waals surface area contributed by atoms with E-state index in [2.05, 4.69) is 5.32 Å². The predicted octanol–water partition coefficient (Wildman–Crippen LogP) is 2.93. The lowest BCUT2D eigenvalue weighted by Gasteiger charge is -2.19. The Hall–Kier alpha value is -2.17. The molecular weight excluding hydrogens is 292 g/mol. The molecule has 1 saturated heterocycles. The number of nitrogens with one attached hydrogen (secondary N) is 1. The van der Waals surface area contributed by atoms with E-state index in [1.807, 2.05) is 24.3 Å². The Bertz CT molecular complexity index is 566. The molecule has 1 aromatic rings. The van der Waals surface area contributed by atoms with Crippen LogP contribution in [0.4, 0.5) is 4.79 Å². The van der Waals surface area contributed by atoms with E-state index in [-0.39, 0.29) is 17.7 Å². The number of rotatable bonds is 5. The van der Waals surface area contributed by atoms with E-state index >= 15 is 0 Å². The average Bonchev–Trinajstić information content (AvgIpc) is 2.76. The number of Topliss-reactive ketones (excluding diaryl/α,β-unsaturated/α-hetero) is 1. The zero-order valence-corrected chi connectivity index (χ0v) is 13.6. The summed E-state index contributed by atoms with van der Waals surface area (Å²) in [4.78, 5) is 36.4. The maximum Gasteiger partial charge on any atom is 0.324 e. The van der Waals surface area contributed by atoms with E-state index in [0.29, 0.717) is 25.1 Å². The van der Waals surface area contributed by atoms with Gasteiger partial charge in [0.15, 0.2) is 5.78 Å². The van der Waals surface area contributed by atoms with E-state index in [1.165, 1.54) is 4.90 Å². The smallest absolute Gasteiger partial charge is 0.324 e. The van der Waals surface area contributed by atoms with Crippen LogP contribution in [0.1, 0.15) is 54.9 Å². The Morgan fingerprint density at radius 1 is 1.13 bits per heavy atom. The molecule has 1 aromatic carbocycles. The van der Waals surface area contributed by atoms with Crippen LogP contribution in [0.3, 0.4) is 0 Å². The van der Waals surface area contributed by atoms with Gasteiger partial charge in [0.2, 0.25) is 5.91 Å². The molecule has 0 atom stereocenters. The molecule has 0 bridgehead atoms. The van der Waals surface area contributed by atoms with Crippen LogP contribution in [0.15, 0.2) is 24.3 Å². The van der Waals surface area contributed by atoms with Crippen LogP contribution in [-0.2, 0) is 11.2 Å². The van der Waals surface area contributed by atoms with Crippen molar-refractivity contribution in [2.24, 2.45) is 0 Å². The van der Waals surface area contributed by atoms with Crippen molar-refractivity contribution in [1.82, 2.24) is 10.2 Å². The number of hydrogen-bond acceptors (Lipinski definition) is 3. The Labute approximate surface area is 137 Å². The zero-order chi connectivity index (χ0) is 16.7. The molecule has 5 heteroatoms. The van der Waals surface area contributed by atoms with Crippen LogP contribution in [0.5, 0.6) is 0 Å². The van der Waals surface area contributed by atoms with E-state index in [0.717, 1.165) is 37.7 Å². The van der Waals surface area contributed by atoms with Crippen molar-refractivity contribution in [1.29, 1.82) is 0 Å². The molecule has 0 aromatic heterocycles. The van der Waals surface area contributed by atoms with Gasteiger partial charge in [-0.1, -0.05) is 30.7 Å². The van der Waals surface area contributed by atoms with Gasteiger partial charge in [0.1, 0.15) is 0 Å². The summed E-state index contributed by atoms with van der Waals surface area (Å²) >= 11 is 0. The Kier molecular flexibility index (Phi) is 6.32. The fraction of sp³-hybridized carbons (Fsp3) is 0.500. The van der Waals surface area contributed by atoms with E-state index in [4.69, 9.17) is 0 Å². The Morgan fingerprint density at radius 2 is 1.87 bits per heavy atom. The molecule has 0 radical (unpaired) electrons. The average molecular weight is 316 g/mol. The van der Waals surface area contributed by atoms with Gasteiger partial charge in [0, 0.05) is 25.1 Å². The van der Waals surface area contributed by atoms with Gasteiger partial charge < -0.3 is 5.32 Å². The number of benzene rings is 1. The van der Waals surface area contributed by atoms with E-state index in [9.17, 15) is 14.4 Å². The maximum absolute atomic E-state index is 12.0. The number of carbonyl (C=O) groups excluding carboxylic acids is 3. The summed E-state index contributed by atoms with van der Waals surface area (Å²) in [7, 11) is 0. The number of carbonyl (C=O) groups is 3. The highest BCUT2D eigenvalue weighted by Crippen LogP contribution is 2.11. The second-order valence-electron chi connectivity index (χ2n) is 5.94. The number of likely N-dealkylation sites (tertiary alicyclic amines) is 1. The van der Waals surface area contributed by atoms with Crippen LogP contribution in [-0.4, -0.2) is 35.7 Å². The topological polar surface area (TPSA) is 66.5 Å². The molecular formula is C18H24N2O3. The Balaban J connectivity index is 1.73. The normalized spacial score (nSPS) is 15.2. The van der Waals surface area contributed by atoms with Gasteiger partial charge in [-0.3, -0.25) is 14.5 Å². The van der Waals surface area contributed by atoms with Gasteiger partial charge in [-0.15, -0.1) is 0 Å². The van der Waals surface area contributed by atoms with Crippen molar-refractivity contribution < 1.29 is 14.4 Å². The third-order valence-corrected chi connectivity index (χ3v) is 4.10. The minimum absolute atomic E-state index is 0.0610. The first-order valence-corrected chi connectivity index (χ1v) is 8.26. The SMILES string of the molecule is CC(=O)c1ccc(CCCNC(=O)N2CCCCCC2=O)cc1. The van der Waals surface area contributed by atoms with Gasteiger partial charge in [-0.2, -0.15) is 0 Å². The number of imide groups is 1. The highest BCUT2D eigenvalue weighted by atomic mass is 16.2. The molecule has 2 rings (SSSR count). The molecule has 3 amide bonds. The molecule has 0 spiro atoms. The second kappa shape index (κ2) is 8.46. The molecule has 5 nitrogen and oxygen atoms in total. The van der Waals surface area contributed by atoms with Gasteiger partial charge in [0.25, 0.3) is 0 Å². The number of hydrogen-bond donors (Lipinski definition) is 1. The molecule has 0 saturated carbocycles. The summed E-state index contributed by atoms with van der Waals surface area (Å²) in [5.74, 6) is -0.00856. The van der Waals surface area contributed by atoms with Crippen molar-refractivity contribution in [3.05, 3.63) is 35.4 Å². The highest BCUT2D eigenvalue weighted by molar-refractivity contribution is 5.94. The Morgan fingerprint density at radius 3 is 2.57 bits per heavy atom. The molecule has 124 valence electrons. The molecule has 1 fully saturated rings. The predicted molar refractivity (Wildman–Crippen MR) is 88.3 cm³/mol. The highest BCUT2D eigenvalue weighted by Gasteiger charge is 2.22. The van der Waals surface area contributed by atoms with Crippen LogP contribution in [0, 0.1) is 0 Å². The van der Waals surface area contributed by atoms with Crippen molar-refractivity contribution in [3.63, 3.8) is 0 Å². The summed E-state index contributed by atoms with van der Waals surface area (Å²) < 4.78 is 0. The van der Waals surface area contributed by atoms with Gasteiger partial charge >= 0.3 is 6.03 Å². The quantitative estimate of drug-likeness (QED) is 0.671. The molecule has 23 heavy (non-hydrogen) atoms. The minimum atomic E-state index is -0.274. The minimum Gasteiger partial charge on any atom is -0.338 e. The largest absolute Gasteiger partial charge is 0.338 e. The molecule has 1 aliphatic rings. The first kappa shape index (κ1) is 17.2. The second-order valence-corrected chi connectivity index (χ2v) is 5.94. The standard InChI is InChI=1S/C18H24N2O3/c1-14(21)16-10-8-15(9-11-16)6-5-12-19-18(23)20-13-4-2-3-7-17(20)22/h8-11H,2-7,12-13H2,1H3,(H,19,23). The lowest BCUT2D eigenvalue weighted by atomic mass is 10.1. The fourth-order valence-corrected chi connectivity index (χ4v) is 2.69. The fourth-order valence-electron chi connectivity index (χ4n) is 2.69. The van der Waals surface area contributed by atoms with Gasteiger partial charge in [-0.25, -0.2) is 4.79 Å². The summed E-state index contributed by atoms with van der Waals surface area (Å²) in [6.07, 6.45) is 4.86. The summed E-state index contributed by atoms with van der Waals surface area (Å²) in [6, 6.07) is 7.26. The molecule has 0 unspecified atom stereocenters. The third-order valence-electron chi connectivity index (χ3n) is 4.10.